The fourth-order valence-electron chi connectivity index (χ4n) is 2.10. The molecule has 0 fully saturated rings. The highest BCUT2D eigenvalue weighted by Gasteiger charge is 2.28. The molecule has 1 aromatic rings. The molecule has 23 heavy (non-hydrogen) atoms. The van der Waals surface area contributed by atoms with E-state index in [1.807, 2.05) is 33.8 Å². The van der Waals surface area contributed by atoms with Crippen LogP contribution in [0.1, 0.15) is 45.6 Å². The van der Waals surface area contributed by atoms with Crippen LogP contribution in [0.4, 0.5) is 5.69 Å². The van der Waals surface area contributed by atoms with Gasteiger partial charge in [0.15, 0.2) is 0 Å². The van der Waals surface area contributed by atoms with Crippen LogP contribution in [0.2, 0.25) is 5.02 Å². The lowest BCUT2D eigenvalue weighted by Crippen LogP contribution is -2.47. The molecular formula is C17H22ClN3O2. The number of hydrogen-bond acceptors (Lipinski definition) is 3. The Bertz CT molecular complexity index is 668. The zero-order chi connectivity index (χ0) is 17.2. The Hall–Kier alpha value is -1.88. The Morgan fingerprint density at radius 3 is 2.70 bits per heavy atom. The summed E-state index contributed by atoms with van der Waals surface area (Å²) in [5, 5.41) is 9.03. The molecule has 1 heterocycles. The smallest absolute Gasteiger partial charge is 0.267 e. The summed E-state index contributed by atoms with van der Waals surface area (Å²) >= 11 is 6.12. The summed E-state index contributed by atoms with van der Waals surface area (Å²) in [5.41, 5.74) is 1.55. The highest BCUT2D eigenvalue weighted by molar-refractivity contribution is 6.40. The third kappa shape index (κ3) is 4.10. The number of nitrogens with zero attached hydrogens (tertiary/aromatic N) is 2. The van der Waals surface area contributed by atoms with Gasteiger partial charge >= 0.3 is 0 Å². The van der Waals surface area contributed by atoms with Gasteiger partial charge in [0, 0.05) is 23.4 Å². The predicted octanol–water partition coefficient (Wildman–Crippen LogP) is 3.44. The van der Waals surface area contributed by atoms with Crippen LogP contribution in [-0.4, -0.2) is 23.1 Å². The first-order valence-electron chi connectivity index (χ1n) is 7.72. The van der Waals surface area contributed by atoms with E-state index >= 15 is 0 Å². The number of carbonyl (C=O) groups excluding carboxylic acids is 2. The van der Waals surface area contributed by atoms with Gasteiger partial charge in [-0.05, 0) is 44.9 Å². The van der Waals surface area contributed by atoms with E-state index in [2.05, 4.69) is 10.4 Å². The van der Waals surface area contributed by atoms with Crippen molar-refractivity contribution in [3.63, 3.8) is 0 Å². The van der Waals surface area contributed by atoms with Crippen molar-refractivity contribution in [3.8, 4) is 0 Å². The number of carbonyl (C=O) groups is 2. The van der Waals surface area contributed by atoms with Crippen LogP contribution in [0.25, 0.3) is 0 Å². The fraction of sp³-hybridized carbons (Fsp3) is 0.471. The first kappa shape index (κ1) is 17.5. The van der Waals surface area contributed by atoms with E-state index in [4.69, 9.17) is 11.6 Å². The molecular weight excluding hydrogens is 314 g/mol. The lowest BCUT2D eigenvalue weighted by Gasteiger charge is -2.27. The zero-order valence-electron chi connectivity index (χ0n) is 13.9. The number of hydrogen-bond donors (Lipinski definition) is 1. The van der Waals surface area contributed by atoms with E-state index in [1.165, 1.54) is 5.01 Å². The number of aryl methyl sites for hydroxylation is 1. The number of benzene rings is 1. The third-order valence-corrected chi connectivity index (χ3v) is 4.44. The van der Waals surface area contributed by atoms with E-state index in [0.717, 1.165) is 12.0 Å². The van der Waals surface area contributed by atoms with Crippen molar-refractivity contribution >= 4 is 34.8 Å². The monoisotopic (exact) mass is 335 g/mol. The fourth-order valence-corrected chi connectivity index (χ4v) is 2.27. The topological polar surface area (TPSA) is 61.8 Å². The summed E-state index contributed by atoms with van der Waals surface area (Å²) in [6.45, 7) is 7.81. The van der Waals surface area contributed by atoms with Gasteiger partial charge in [0.1, 0.15) is 5.71 Å². The molecule has 0 aliphatic carbocycles. The SMILES string of the molecule is CCC(C)(C)NC(=O)C1=NN(c2ccc(C)c(Cl)c2)C(=O)CC1. The lowest BCUT2D eigenvalue weighted by molar-refractivity contribution is -0.119. The standard InChI is InChI=1S/C17H22ClN3O2/c1-5-17(3,4)19-16(23)14-8-9-15(22)21(20-14)12-7-6-11(2)13(18)10-12/h6-7,10H,5,8-9H2,1-4H3,(H,19,23). The van der Waals surface area contributed by atoms with Crippen LogP contribution in [-0.2, 0) is 9.59 Å². The lowest BCUT2D eigenvalue weighted by atomic mass is 10.0. The summed E-state index contributed by atoms with van der Waals surface area (Å²) in [6, 6.07) is 5.30. The molecule has 5 nitrogen and oxygen atoms in total. The Morgan fingerprint density at radius 1 is 1.39 bits per heavy atom. The first-order chi connectivity index (χ1) is 10.7. The minimum atomic E-state index is -0.306. The molecule has 2 amide bonds. The van der Waals surface area contributed by atoms with Crippen LogP contribution >= 0.6 is 11.6 Å². The second kappa shape index (κ2) is 6.71. The highest BCUT2D eigenvalue weighted by atomic mass is 35.5. The maximum Gasteiger partial charge on any atom is 0.267 e. The molecule has 0 spiro atoms. The Morgan fingerprint density at radius 2 is 2.09 bits per heavy atom. The van der Waals surface area contributed by atoms with Gasteiger partial charge in [-0.2, -0.15) is 5.10 Å². The molecule has 0 aromatic heterocycles. The molecule has 6 heteroatoms. The van der Waals surface area contributed by atoms with E-state index in [-0.39, 0.29) is 23.8 Å². The molecule has 1 aliphatic heterocycles. The summed E-state index contributed by atoms with van der Waals surface area (Å²) in [5.74, 6) is -0.371. The molecule has 0 saturated heterocycles. The van der Waals surface area contributed by atoms with Gasteiger partial charge in [0.05, 0.1) is 5.69 Å². The predicted molar refractivity (Wildman–Crippen MR) is 92.9 cm³/mol. The Labute approximate surface area is 141 Å². The minimum Gasteiger partial charge on any atom is -0.346 e. The number of amides is 2. The number of anilines is 1. The van der Waals surface area contributed by atoms with E-state index in [9.17, 15) is 9.59 Å². The van der Waals surface area contributed by atoms with Crippen molar-refractivity contribution < 1.29 is 9.59 Å². The molecule has 0 atom stereocenters. The summed E-state index contributed by atoms with van der Waals surface area (Å²) in [4.78, 5) is 24.5. The molecule has 1 aliphatic rings. The molecule has 0 bridgehead atoms. The third-order valence-electron chi connectivity index (χ3n) is 4.03. The van der Waals surface area contributed by atoms with Crippen LogP contribution in [0, 0.1) is 6.92 Å². The van der Waals surface area contributed by atoms with Gasteiger partial charge in [-0.3, -0.25) is 9.59 Å². The van der Waals surface area contributed by atoms with Gasteiger partial charge in [-0.15, -0.1) is 0 Å². The molecule has 0 saturated carbocycles. The number of halogens is 1. The van der Waals surface area contributed by atoms with Crippen molar-refractivity contribution in [2.24, 2.45) is 5.10 Å². The van der Waals surface area contributed by atoms with E-state index in [0.29, 0.717) is 22.8 Å². The van der Waals surface area contributed by atoms with E-state index < -0.39 is 0 Å². The first-order valence-corrected chi connectivity index (χ1v) is 8.10. The molecule has 2 rings (SSSR count). The van der Waals surface area contributed by atoms with Crippen molar-refractivity contribution in [1.82, 2.24) is 5.32 Å². The quantitative estimate of drug-likeness (QED) is 0.916. The van der Waals surface area contributed by atoms with Gasteiger partial charge in [-0.25, -0.2) is 5.01 Å². The maximum absolute atomic E-state index is 12.4. The largest absolute Gasteiger partial charge is 0.346 e. The zero-order valence-corrected chi connectivity index (χ0v) is 14.7. The summed E-state index contributed by atoms with van der Waals surface area (Å²) in [6.07, 6.45) is 1.41. The molecule has 124 valence electrons. The molecule has 1 N–H and O–H groups in total. The van der Waals surface area contributed by atoms with Gasteiger partial charge in [0.2, 0.25) is 5.91 Å². The average Bonchev–Trinajstić information content (AvgIpc) is 2.50. The van der Waals surface area contributed by atoms with Crippen LogP contribution in [0.3, 0.4) is 0 Å². The van der Waals surface area contributed by atoms with Crippen molar-refractivity contribution in [2.45, 2.75) is 52.5 Å². The molecule has 1 aromatic carbocycles. The van der Waals surface area contributed by atoms with E-state index in [1.54, 1.807) is 12.1 Å². The summed E-state index contributed by atoms with van der Waals surface area (Å²) < 4.78 is 0. The molecule has 0 unspecified atom stereocenters. The Balaban J connectivity index is 2.27. The number of nitrogens with one attached hydrogen (secondary N) is 1. The number of hydrazone groups is 1. The van der Waals surface area contributed by atoms with Crippen LogP contribution in [0.5, 0.6) is 0 Å². The van der Waals surface area contributed by atoms with Crippen LogP contribution < -0.4 is 10.3 Å². The Kier molecular flexibility index (Phi) is 5.09. The minimum absolute atomic E-state index is 0.142. The van der Waals surface area contributed by atoms with Crippen molar-refractivity contribution in [3.05, 3.63) is 28.8 Å². The van der Waals surface area contributed by atoms with Gasteiger partial charge in [-0.1, -0.05) is 24.6 Å². The normalized spacial score (nSPS) is 15.4. The average molecular weight is 336 g/mol. The van der Waals surface area contributed by atoms with Gasteiger partial charge in [0.25, 0.3) is 5.91 Å². The maximum atomic E-state index is 12.4. The highest BCUT2D eigenvalue weighted by Crippen LogP contribution is 2.26. The van der Waals surface area contributed by atoms with Crippen molar-refractivity contribution in [1.29, 1.82) is 0 Å². The molecule has 0 radical (unpaired) electrons. The van der Waals surface area contributed by atoms with Crippen molar-refractivity contribution in [2.75, 3.05) is 5.01 Å². The second-order valence-corrected chi connectivity index (χ2v) is 6.78. The number of rotatable bonds is 4. The van der Waals surface area contributed by atoms with Gasteiger partial charge < -0.3 is 5.32 Å². The summed E-state index contributed by atoms with van der Waals surface area (Å²) in [7, 11) is 0. The van der Waals surface area contributed by atoms with Crippen LogP contribution in [0.15, 0.2) is 23.3 Å². The second-order valence-electron chi connectivity index (χ2n) is 6.38.